The van der Waals surface area contributed by atoms with Gasteiger partial charge in [0.2, 0.25) is 0 Å². The number of hydrogen-bond donors (Lipinski definition) is 1. The molecule has 2 heterocycles. The fourth-order valence-electron chi connectivity index (χ4n) is 4.24. The Morgan fingerprint density at radius 3 is 2.76 bits per heavy atom. The van der Waals surface area contributed by atoms with Crippen molar-refractivity contribution < 1.29 is 4.42 Å². The van der Waals surface area contributed by atoms with Crippen molar-refractivity contribution in [1.82, 2.24) is 9.80 Å². The summed E-state index contributed by atoms with van der Waals surface area (Å²) in [6.45, 7) is 5.21. The second kappa shape index (κ2) is 5.11. The highest BCUT2D eigenvalue weighted by molar-refractivity contribution is 5.11. The van der Waals surface area contributed by atoms with Gasteiger partial charge in [0, 0.05) is 36.8 Å². The molecule has 3 fully saturated rings. The maximum absolute atomic E-state index is 6.31. The molecule has 2 aliphatic carbocycles. The highest BCUT2D eigenvalue weighted by Crippen LogP contribution is 2.43. The molecule has 0 spiro atoms. The van der Waals surface area contributed by atoms with E-state index in [4.69, 9.17) is 10.2 Å². The van der Waals surface area contributed by atoms with E-state index in [9.17, 15) is 0 Å². The zero-order valence-corrected chi connectivity index (χ0v) is 13.0. The molecule has 1 aromatic heterocycles. The summed E-state index contributed by atoms with van der Waals surface area (Å²) in [5, 5.41) is 0. The lowest BCUT2D eigenvalue weighted by atomic mass is 9.93. The number of likely N-dealkylation sites (tertiary alicyclic amines) is 1. The Hall–Kier alpha value is -0.840. The monoisotopic (exact) mass is 289 g/mol. The van der Waals surface area contributed by atoms with E-state index in [1.54, 1.807) is 6.26 Å². The molecule has 1 saturated heterocycles. The average molecular weight is 289 g/mol. The molecule has 2 saturated carbocycles. The molecule has 2 atom stereocenters. The van der Waals surface area contributed by atoms with E-state index >= 15 is 0 Å². The molecule has 116 valence electrons. The van der Waals surface area contributed by atoms with Crippen LogP contribution in [0.5, 0.6) is 0 Å². The van der Waals surface area contributed by atoms with E-state index in [1.807, 2.05) is 6.07 Å². The minimum Gasteiger partial charge on any atom is -0.468 e. The molecule has 0 aromatic carbocycles. The number of nitrogens with two attached hydrogens (primary N) is 1. The van der Waals surface area contributed by atoms with Crippen LogP contribution in [0.3, 0.4) is 0 Å². The number of hydrogen-bond acceptors (Lipinski definition) is 4. The molecule has 4 heteroatoms. The number of rotatable bonds is 6. The Morgan fingerprint density at radius 1 is 1.38 bits per heavy atom. The van der Waals surface area contributed by atoms with Crippen LogP contribution in [0, 0.1) is 0 Å². The zero-order valence-electron chi connectivity index (χ0n) is 13.0. The maximum Gasteiger partial charge on any atom is 0.117 e. The maximum atomic E-state index is 6.31. The van der Waals surface area contributed by atoms with Gasteiger partial charge < -0.3 is 10.2 Å². The molecule has 0 bridgehead atoms. The summed E-state index contributed by atoms with van der Waals surface area (Å²) in [7, 11) is 0. The molecule has 2 N–H and O–H groups in total. The van der Waals surface area contributed by atoms with Crippen LogP contribution in [0.15, 0.2) is 22.8 Å². The van der Waals surface area contributed by atoms with Gasteiger partial charge >= 0.3 is 0 Å². The predicted octanol–water partition coefficient (Wildman–Crippen LogP) is 2.20. The van der Waals surface area contributed by atoms with Crippen LogP contribution in [-0.4, -0.2) is 46.6 Å². The molecular weight excluding hydrogens is 262 g/mol. The van der Waals surface area contributed by atoms with E-state index in [-0.39, 0.29) is 5.54 Å². The smallest absolute Gasteiger partial charge is 0.117 e. The Labute approximate surface area is 127 Å². The summed E-state index contributed by atoms with van der Waals surface area (Å²) >= 11 is 0. The van der Waals surface area contributed by atoms with Crippen LogP contribution in [0.1, 0.15) is 44.8 Å². The standard InChI is InChI=1S/C17H27N3O/c1-13-9-17(11-18,12-19(13)14-4-5-14)20(15-6-7-15)10-16-3-2-8-21-16/h2-3,8,13-15H,4-7,9-12,18H2,1H3. The first-order valence-electron chi connectivity index (χ1n) is 8.47. The van der Waals surface area contributed by atoms with E-state index in [2.05, 4.69) is 22.8 Å². The lowest BCUT2D eigenvalue weighted by molar-refractivity contribution is 0.0731. The summed E-state index contributed by atoms with van der Waals surface area (Å²) in [6, 6.07) is 6.29. The van der Waals surface area contributed by atoms with Gasteiger partial charge in [0.05, 0.1) is 12.8 Å². The van der Waals surface area contributed by atoms with E-state index < -0.39 is 0 Å². The van der Waals surface area contributed by atoms with Crippen molar-refractivity contribution in [2.75, 3.05) is 13.1 Å². The van der Waals surface area contributed by atoms with Crippen molar-refractivity contribution in [2.24, 2.45) is 5.73 Å². The summed E-state index contributed by atoms with van der Waals surface area (Å²) in [6.07, 6.45) is 8.39. The topological polar surface area (TPSA) is 45.6 Å². The van der Waals surface area contributed by atoms with Crippen LogP contribution in [-0.2, 0) is 6.54 Å². The molecular formula is C17H27N3O. The molecule has 3 aliphatic rings. The lowest BCUT2D eigenvalue weighted by Gasteiger charge is -2.40. The minimum absolute atomic E-state index is 0.149. The van der Waals surface area contributed by atoms with E-state index in [0.29, 0.717) is 12.1 Å². The minimum atomic E-state index is 0.149. The fraction of sp³-hybridized carbons (Fsp3) is 0.765. The van der Waals surface area contributed by atoms with Crippen LogP contribution in [0.25, 0.3) is 0 Å². The van der Waals surface area contributed by atoms with Crippen LogP contribution in [0.2, 0.25) is 0 Å². The van der Waals surface area contributed by atoms with E-state index in [1.165, 1.54) is 32.1 Å². The second-order valence-electron chi connectivity index (χ2n) is 7.32. The van der Waals surface area contributed by atoms with Crippen molar-refractivity contribution in [2.45, 2.75) is 69.2 Å². The lowest BCUT2D eigenvalue weighted by Crippen LogP contribution is -2.56. The number of furan rings is 1. The van der Waals surface area contributed by atoms with Crippen LogP contribution >= 0.6 is 0 Å². The molecule has 4 nitrogen and oxygen atoms in total. The molecule has 0 radical (unpaired) electrons. The first-order valence-corrected chi connectivity index (χ1v) is 8.47. The molecule has 0 amide bonds. The average Bonchev–Trinajstić information content (AvgIpc) is 3.41. The van der Waals surface area contributed by atoms with Gasteiger partial charge in [-0.2, -0.15) is 0 Å². The molecule has 1 aromatic rings. The quantitative estimate of drug-likeness (QED) is 0.872. The first kappa shape index (κ1) is 13.8. The second-order valence-corrected chi connectivity index (χ2v) is 7.32. The SMILES string of the molecule is CC1CC(CN)(N(Cc2ccco2)C2CC2)CN1C1CC1. The van der Waals surface area contributed by atoms with Gasteiger partial charge in [-0.05, 0) is 51.2 Å². The van der Waals surface area contributed by atoms with Gasteiger partial charge in [-0.1, -0.05) is 0 Å². The van der Waals surface area contributed by atoms with Crippen molar-refractivity contribution in [3.8, 4) is 0 Å². The third-order valence-electron chi connectivity index (χ3n) is 5.62. The van der Waals surface area contributed by atoms with Gasteiger partial charge in [-0.15, -0.1) is 0 Å². The Kier molecular flexibility index (Phi) is 3.36. The van der Waals surface area contributed by atoms with Crippen molar-refractivity contribution in [3.63, 3.8) is 0 Å². The summed E-state index contributed by atoms with van der Waals surface area (Å²) < 4.78 is 5.61. The molecule has 2 unspecified atom stereocenters. The fourth-order valence-corrected chi connectivity index (χ4v) is 4.24. The van der Waals surface area contributed by atoms with Gasteiger partial charge in [0.15, 0.2) is 0 Å². The summed E-state index contributed by atoms with van der Waals surface area (Å²) in [4.78, 5) is 5.38. The third kappa shape index (κ3) is 2.54. The van der Waals surface area contributed by atoms with Crippen molar-refractivity contribution in [1.29, 1.82) is 0 Å². The normalized spacial score (nSPS) is 34.0. The third-order valence-corrected chi connectivity index (χ3v) is 5.62. The van der Waals surface area contributed by atoms with Crippen molar-refractivity contribution in [3.05, 3.63) is 24.2 Å². The zero-order chi connectivity index (χ0) is 14.4. The predicted molar refractivity (Wildman–Crippen MR) is 82.9 cm³/mol. The highest BCUT2D eigenvalue weighted by atomic mass is 16.3. The number of nitrogens with zero attached hydrogens (tertiary/aromatic N) is 2. The van der Waals surface area contributed by atoms with Gasteiger partial charge in [0.1, 0.15) is 5.76 Å². The van der Waals surface area contributed by atoms with Crippen LogP contribution in [0.4, 0.5) is 0 Å². The Balaban J connectivity index is 1.57. The molecule has 4 rings (SSSR count). The Morgan fingerprint density at radius 2 is 2.19 bits per heavy atom. The highest BCUT2D eigenvalue weighted by Gasteiger charge is 2.52. The van der Waals surface area contributed by atoms with Gasteiger partial charge in [-0.3, -0.25) is 9.80 Å². The summed E-state index contributed by atoms with van der Waals surface area (Å²) in [5.74, 6) is 1.08. The van der Waals surface area contributed by atoms with Crippen LogP contribution < -0.4 is 5.73 Å². The van der Waals surface area contributed by atoms with Crippen molar-refractivity contribution >= 4 is 0 Å². The summed E-state index contributed by atoms with van der Waals surface area (Å²) in [5.41, 5.74) is 6.46. The first-order chi connectivity index (χ1) is 10.2. The Bertz CT molecular complexity index is 480. The largest absolute Gasteiger partial charge is 0.468 e. The van der Waals surface area contributed by atoms with E-state index in [0.717, 1.165) is 31.4 Å². The van der Waals surface area contributed by atoms with Gasteiger partial charge in [0.25, 0.3) is 0 Å². The molecule has 1 aliphatic heterocycles. The molecule has 21 heavy (non-hydrogen) atoms. The van der Waals surface area contributed by atoms with Gasteiger partial charge in [-0.25, -0.2) is 0 Å².